The molecule has 2 aromatic carbocycles. The van der Waals surface area contributed by atoms with Crippen LogP contribution in [0.15, 0.2) is 53.3 Å². The smallest absolute Gasteiger partial charge is 0.350 e. The lowest BCUT2D eigenvalue weighted by Gasteiger charge is -2.17. The molecule has 1 fully saturated rings. The minimum absolute atomic E-state index is 0.118. The third kappa shape index (κ3) is 4.23. The van der Waals surface area contributed by atoms with Crippen LogP contribution in [0.4, 0.5) is 11.5 Å². The number of anilines is 2. The molecule has 0 bridgehead atoms. The van der Waals surface area contributed by atoms with Crippen LogP contribution in [0.25, 0.3) is 10.9 Å². The summed E-state index contributed by atoms with van der Waals surface area (Å²) >= 11 is 0. The molecule has 0 aliphatic heterocycles. The van der Waals surface area contributed by atoms with Gasteiger partial charge in [0, 0.05) is 23.2 Å². The first-order valence-corrected chi connectivity index (χ1v) is 9.84. The molecule has 2 N–H and O–H groups in total. The Morgan fingerprint density at radius 2 is 1.97 bits per heavy atom. The summed E-state index contributed by atoms with van der Waals surface area (Å²) in [6.45, 7) is -0.118. The second-order valence-electron chi connectivity index (χ2n) is 7.25. The summed E-state index contributed by atoms with van der Waals surface area (Å²) in [7, 11) is 1.57. The summed E-state index contributed by atoms with van der Waals surface area (Å²) < 4.78 is 6.58. The summed E-state index contributed by atoms with van der Waals surface area (Å²) in [4.78, 5) is 29.6. The summed E-state index contributed by atoms with van der Waals surface area (Å²) in [5.74, 6) is 0.945. The fraction of sp³-hybridized carbons (Fsp3) is 0.318. The van der Waals surface area contributed by atoms with E-state index in [1.807, 2.05) is 24.3 Å². The molecule has 1 aliphatic carbocycles. The van der Waals surface area contributed by atoms with Crippen LogP contribution in [0.5, 0.6) is 5.75 Å². The molecule has 0 atom stereocenters. The molecule has 3 aromatic rings. The van der Waals surface area contributed by atoms with E-state index in [1.54, 1.807) is 31.4 Å². The SMILES string of the molecule is COc1cccc(NC(=O)Cn2c(=O)nc(NC3CCCC3)c3ccccc32)c1. The maximum atomic E-state index is 12.7. The first kappa shape index (κ1) is 19.0. The molecule has 29 heavy (non-hydrogen) atoms. The highest BCUT2D eigenvalue weighted by molar-refractivity contribution is 5.93. The van der Waals surface area contributed by atoms with Crippen LogP contribution in [-0.4, -0.2) is 28.6 Å². The number of rotatable bonds is 6. The lowest BCUT2D eigenvalue weighted by Crippen LogP contribution is -2.31. The molecule has 1 heterocycles. The van der Waals surface area contributed by atoms with Gasteiger partial charge >= 0.3 is 5.69 Å². The Hall–Kier alpha value is -3.35. The van der Waals surface area contributed by atoms with E-state index in [9.17, 15) is 9.59 Å². The molecule has 1 aliphatic rings. The van der Waals surface area contributed by atoms with E-state index < -0.39 is 5.69 Å². The number of carbonyl (C=O) groups excluding carboxylic acids is 1. The lowest BCUT2D eigenvalue weighted by molar-refractivity contribution is -0.116. The standard InChI is InChI=1S/C22H24N4O3/c1-29-17-10-6-9-16(13-17)23-20(27)14-26-19-12-5-4-11-18(19)21(25-22(26)28)24-15-7-2-3-8-15/h4-6,9-13,15H,2-3,7-8,14H2,1H3,(H,23,27)(H,24,25,28). The summed E-state index contributed by atoms with van der Waals surface area (Å²) in [5, 5.41) is 7.07. The zero-order valence-corrected chi connectivity index (χ0v) is 16.4. The minimum atomic E-state index is -0.440. The van der Waals surface area contributed by atoms with Gasteiger partial charge in [0.25, 0.3) is 0 Å². The largest absolute Gasteiger partial charge is 0.497 e. The van der Waals surface area contributed by atoms with Crippen molar-refractivity contribution < 1.29 is 9.53 Å². The Morgan fingerprint density at radius 3 is 2.76 bits per heavy atom. The fourth-order valence-corrected chi connectivity index (χ4v) is 3.80. The van der Waals surface area contributed by atoms with Crippen molar-refractivity contribution in [1.29, 1.82) is 0 Å². The molecule has 1 aromatic heterocycles. The number of para-hydroxylation sites is 1. The number of methoxy groups -OCH3 is 1. The van der Waals surface area contributed by atoms with Crippen molar-refractivity contribution in [2.24, 2.45) is 0 Å². The molecule has 1 saturated carbocycles. The molecule has 0 spiro atoms. The van der Waals surface area contributed by atoms with Crippen molar-refractivity contribution in [3.63, 3.8) is 0 Å². The zero-order valence-electron chi connectivity index (χ0n) is 16.4. The normalized spacial score (nSPS) is 14.1. The second-order valence-corrected chi connectivity index (χ2v) is 7.25. The highest BCUT2D eigenvalue weighted by Crippen LogP contribution is 2.25. The number of hydrogen-bond donors (Lipinski definition) is 2. The van der Waals surface area contributed by atoms with Crippen LogP contribution in [0, 0.1) is 0 Å². The van der Waals surface area contributed by atoms with Crippen LogP contribution >= 0.6 is 0 Å². The van der Waals surface area contributed by atoms with Gasteiger partial charge in [-0.25, -0.2) is 4.79 Å². The van der Waals surface area contributed by atoms with E-state index in [0.717, 1.165) is 18.2 Å². The average Bonchev–Trinajstić information content (AvgIpc) is 3.24. The third-order valence-electron chi connectivity index (χ3n) is 5.24. The zero-order chi connectivity index (χ0) is 20.2. The molecule has 4 rings (SSSR count). The summed E-state index contributed by atoms with van der Waals surface area (Å²) in [6.07, 6.45) is 4.55. The van der Waals surface area contributed by atoms with E-state index in [1.165, 1.54) is 17.4 Å². The number of fused-ring (bicyclic) bond motifs is 1. The number of hydrogen-bond acceptors (Lipinski definition) is 5. The van der Waals surface area contributed by atoms with Gasteiger partial charge in [0.15, 0.2) is 0 Å². The Bertz CT molecular complexity index is 1090. The Morgan fingerprint density at radius 1 is 1.17 bits per heavy atom. The molecule has 150 valence electrons. The van der Waals surface area contributed by atoms with Crippen LogP contribution in [-0.2, 0) is 11.3 Å². The summed E-state index contributed by atoms with van der Waals surface area (Å²) in [5.41, 5.74) is 0.859. The fourth-order valence-electron chi connectivity index (χ4n) is 3.80. The van der Waals surface area contributed by atoms with Gasteiger partial charge in [0.2, 0.25) is 5.91 Å². The van der Waals surface area contributed by atoms with Crippen molar-refractivity contribution in [2.45, 2.75) is 38.3 Å². The van der Waals surface area contributed by atoms with Gasteiger partial charge in [-0.3, -0.25) is 9.36 Å². The van der Waals surface area contributed by atoms with Crippen LogP contribution in [0.3, 0.4) is 0 Å². The van der Waals surface area contributed by atoms with Gasteiger partial charge < -0.3 is 15.4 Å². The number of benzene rings is 2. The Kier molecular flexibility index (Phi) is 5.46. The first-order valence-electron chi connectivity index (χ1n) is 9.84. The molecule has 1 amide bonds. The summed E-state index contributed by atoms with van der Waals surface area (Å²) in [6, 6.07) is 15.0. The van der Waals surface area contributed by atoms with Gasteiger partial charge in [-0.2, -0.15) is 4.98 Å². The maximum absolute atomic E-state index is 12.7. The van der Waals surface area contributed by atoms with Gasteiger partial charge in [0.1, 0.15) is 18.1 Å². The Balaban J connectivity index is 1.60. The predicted molar refractivity (Wildman–Crippen MR) is 114 cm³/mol. The number of nitrogens with zero attached hydrogens (tertiary/aromatic N) is 2. The first-order chi connectivity index (χ1) is 14.1. The molecule has 7 nitrogen and oxygen atoms in total. The van der Waals surface area contributed by atoms with Gasteiger partial charge in [-0.1, -0.05) is 31.0 Å². The maximum Gasteiger partial charge on any atom is 0.350 e. The van der Waals surface area contributed by atoms with Crippen LogP contribution in [0.1, 0.15) is 25.7 Å². The van der Waals surface area contributed by atoms with E-state index in [-0.39, 0.29) is 12.5 Å². The number of aromatic nitrogens is 2. The third-order valence-corrected chi connectivity index (χ3v) is 5.24. The van der Waals surface area contributed by atoms with Crippen LogP contribution in [0.2, 0.25) is 0 Å². The average molecular weight is 392 g/mol. The number of ether oxygens (including phenoxy) is 1. The molecule has 0 unspecified atom stereocenters. The quantitative estimate of drug-likeness (QED) is 0.672. The van der Waals surface area contributed by atoms with Gasteiger partial charge in [-0.05, 0) is 37.1 Å². The number of carbonyl (C=O) groups is 1. The van der Waals surface area contributed by atoms with Crippen molar-refractivity contribution in [2.75, 3.05) is 17.7 Å². The van der Waals surface area contributed by atoms with Gasteiger partial charge in [-0.15, -0.1) is 0 Å². The van der Waals surface area contributed by atoms with Crippen molar-refractivity contribution in [3.8, 4) is 5.75 Å². The molecule has 0 radical (unpaired) electrons. The van der Waals surface area contributed by atoms with Crippen molar-refractivity contribution >= 4 is 28.3 Å². The monoisotopic (exact) mass is 392 g/mol. The molecular formula is C22H24N4O3. The number of nitrogens with one attached hydrogen (secondary N) is 2. The molecular weight excluding hydrogens is 368 g/mol. The molecule has 7 heteroatoms. The lowest BCUT2D eigenvalue weighted by atomic mass is 10.2. The van der Waals surface area contributed by atoms with E-state index >= 15 is 0 Å². The highest BCUT2D eigenvalue weighted by Gasteiger charge is 2.18. The van der Waals surface area contributed by atoms with E-state index in [4.69, 9.17) is 4.74 Å². The minimum Gasteiger partial charge on any atom is -0.497 e. The topological polar surface area (TPSA) is 85.2 Å². The van der Waals surface area contributed by atoms with Crippen LogP contribution < -0.4 is 21.1 Å². The van der Waals surface area contributed by atoms with E-state index in [2.05, 4.69) is 15.6 Å². The number of amides is 1. The predicted octanol–water partition coefficient (Wildman–Crippen LogP) is 3.40. The van der Waals surface area contributed by atoms with Crippen molar-refractivity contribution in [1.82, 2.24) is 9.55 Å². The Labute approximate surface area is 168 Å². The van der Waals surface area contributed by atoms with Crippen molar-refractivity contribution in [3.05, 3.63) is 59.0 Å². The molecule has 0 saturated heterocycles. The highest BCUT2D eigenvalue weighted by atomic mass is 16.5. The van der Waals surface area contributed by atoms with E-state index in [0.29, 0.717) is 28.8 Å². The second kappa shape index (κ2) is 8.34. The van der Waals surface area contributed by atoms with Gasteiger partial charge in [0.05, 0.1) is 12.6 Å².